The van der Waals surface area contributed by atoms with E-state index in [1.165, 1.54) is 17.3 Å². The lowest BCUT2D eigenvalue weighted by atomic mass is 10.0. The summed E-state index contributed by atoms with van der Waals surface area (Å²) in [7, 11) is 1.67. The van der Waals surface area contributed by atoms with E-state index in [2.05, 4.69) is 35.6 Å². The average molecular weight is 379 g/mol. The van der Waals surface area contributed by atoms with Gasteiger partial charge in [0, 0.05) is 17.1 Å². The van der Waals surface area contributed by atoms with Crippen molar-refractivity contribution in [1.82, 2.24) is 0 Å². The standard InChI is InChI=1S/C22H21NO3S/c1-26-20-7-3-6-18(13-20)17-5-2-4-16(12-17)14-23-19-8-10-21(11-9-19)27-15-22(24)25/h2-13,23H,14-15H2,1H3,(H,24,25). The number of carbonyl (C=O) groups is 1. The van der Waals surface area contributed by atoms with Crippen LogP contribution in [0.1, 0.15) is 5.56 Å². The Kier molecular flexibility index (Phi) is 6.39. The zero-order chi connectivity index (χ0) is 19.1. The summed E-state index contributed by atoms with van der Waals surface area (Å²) in [5.74, 6) is 0.110. The second-order valence-electron chi connectivity index (χ2n) is 5.99. The van der Waals surface area contributed by atoms with Gasteiger partial charge in [0.1, 0.15) is 5.75 Å². The van der Waals surface area contributed by atoms with Gasteiger partial charge in [-0.2, -0.15) is 0 Å². The predicted octanol–water partition coefficient (Wildman–Crippen LogP) is 5.15. The van der Waals surface area contributed by atoms with Crippen molar-refractivity contribution in [3.63, 3.8) is 0 Å². The molecule has 0 aliphatic carbocycles. The van der Waals surface area contributed by atoms with Gasteiger partial charge in [0.25, 0.3) is 0 Å². The summed E-state index contributed by atoms with van der Waals surface area (Å²) in [6, 6.07) is 24.2. The number of nitrogens with one attached hydrogen (secondary N) is 1. The molecule has 0 spiro atoms. The maximum Gasteiger partial charge on any atom is 0.313 e. The van der Waals surface area contributed by atoms with Gasteiger partial charge >= 0.3 is 5.97 Å². The monoisotopic (exact) mass is 379 g/mol. The first-order chi connectivity index (χ1) is 13.1. The predicted molar refractivity (Wildman–Crippen MR) is 111 cm³/mol. The van der Waals surface area contributed by atoms with Gasteiger partial charge in [-0.25, -0.2) is 0 Å². The summed E-state index contributed by atoms with van der Waals surface area (Å²) in [5.41, 5.74) is 4.45. The Morgan fingerprint density at radius 1 is 1.00 bits per heavy atom. The molecule has 5 heteroatoms. The van der Waals surface area contributed by atoms with Gasteiger partial charge in [-0.1, -0.05) is 30.3 Å². The summed E-state index contributed by atoms with van der Waals surface area (Å²) in [5, 5.41) is 12.1. The van der Waals surface area contributed by atoms with Crippen LogP contribution in [0.25, 0.3) is 11.1 Å². The molecule has 0 amide bonds. The Morgan fingerprint density at radius 2 is 1.70 bits per heavy atom. The summed E-state index contributed by atoms with van der Waals surface area (Å²) in [6.07, 6.45) is 0. The highest BCUT2D eigenvalue weighted by atomic mass is 32.2. The molecule has 0 fully saturated rings. The molecular formula is C22H21NO3S. The Morgan fingerprint density at radius 3 is 2.41 bits per heavy atom. The number of anilines is 1. The van der Waals surface area contributed by atoms with Crippen molar-refractivity contribution in [3.05, 3.63) is 78.4 Å². The smallest absolute Gasteiger partial charge is 0.313 e. The lowest BCUT2D eigenvalue weighted by Crippen LogP contribution is -2.00. The van der Waals surface area contributed by atoms with E-state index in [0.717, 1.165) is 27.5 Å². The first-order valence-corrected chi connectivity index (χ1v) is 9.54. The van der Waals surface area contributed by atoms with E-state index in [4.69, 9.17) is 9.84 Å². The normalized spacial score (nSPS) is 10.4. The van der Waals surface area contributed by atoms with Gasteiger partial charge in [0.2, 0.25) is 0 Å². The van der Waals surface area contributed by atoms with E-state index in [9.17, 15) is 4.79 Å². The molecule has 3 aromatic carbocycles. The van der Waals surface area contributed by atoms with Crippen LogP contribution in [-0.2, 0) is 11.3 Å². The molecule has 0 unspecified atom stereocenters. The van der Waals surface area contributed by atoms with Crippen LogP contribution in [-0.4, -0.2) is 23.9 Å². The van der Waals surface area contributed by atoms with Gasteiger partial charge in [0.05, 0.1) is 12.9 Å². The van der Waals surface area contributed by atoms with Crippen molar-refractivity contribution in [2.75, 3.05) is 18.2 Å². The minimum absolute atomic E-state index is 0.0733. The molecule has 138 valence electrons. The molecule has 3 aromatic rings. The number of hydrogen-bond acceptors (Lipinski definition) is 4. The van der Waals surface area contributed by atoms with Crippen LogP contribution >= 0.6 is 11.8 Å². The minimum Gasteiger partial charge on any atom is -0.497 e. The molecule has 0 bridgehead atoms. The molecule has 3 rings (SSSR count). The number of carboxylic acids is 1. The molecule has 0 aromatic heterocycles. The highest BCUT2D eigenvalue weighted by molar-refractivity contribution is 8.00. The Bertz CT molecular complexity index is 909. The van der Waals surface area contributed by atoms with Crippen LogP contribution in [0.2, 0.25) is 0 Å². The van der Waals surface area contributed by atoms with Crippen molar-refractivity contribution in [2.24, 2.45) is 0 Å². The molecule has 0 aliphatic rings. The first kappa shape index (κ1) is 18.9. The zero-order valence-corrected chi connectivity index (χ0v) is 15.8. The summed E-state index contributed by atoms with van der Waals surface area (Å²) < 4.78 is 5.31. The fraction of sp³-hybridized carbons (Fsp3) is 0.136. The van der Waals surface area contributed by atoms with Crippen molar-refractivity contribution >= 4 is 23.4 Å². The van der Waals surface area contributed by atoms with Crippen molar-refractivity contribution in [2.45, 2.75) is 11.4 Å². The highest BCUT2D eigenvalue weighted by Gasteiger charge is 2.03. The lowest BCUT2D eigenvalue weighted by molar-refractivity contribution is -0.133. The number of benzene rings is 3. The third-order valence-electron chi connectivity index (χ3n) is 4.04. The number of ether oxygens (including phenoxy) is 1. The van der Waals surface area contributed by atoms with Gasteiger partial charge < -0.3 is 15.2 Å². The SMILES string of the molecule is COc1cccc(-c2cccc(CNc3ccc(SCC(=O)O)cc3)c2)c1. The summed E-state index contributed by atoms with van der Waals surface area (Å²) in [4.78, 5) is 11.6. The molecule has 0 aliphatic heterocycles. The zero-order valence-electron chi connectivity index (χ0n) is 15.0. The number of carboxylic acid groups (broad SMARTS) is 1. The quantitative estimate of drug-likeness (QED) is 0.530. The van der Waals surface area contributed by atoms with E-state index in [1.54, 1.807) is 7.11 Å². The van der Waals surface area contributed by atoms with Crippen LogP contribution in [0.15, 0.2) is 77.7 Å². The van der Waals surface area contributed by atoms with Gasteiger partial charge in [-0.15, -0.1) is 11.8 Å². The van der Waals surface area contributed by atoms with Gasteiger partial charge in [0.15, 0.2) is 0 Å². The summed E-state index contributed by atoms with van der Waals surface area (Å²) in [6.45, 7) is 0.708. The maximum absolute atomic E-state index is 10.6. The molecule has 0 radical (unpaired) electrons. The molecule has 0 saturated heterocycles. The van der Waals surface area contributed by atoms with Gasteiger partial charge in [-0.05, 0) is 59.2 Å². The number of methoxy groups -OCH3 is 1. The summed E-state index contributed by atoms with van der Waals surface area (Å²) >= 11 is 1.32. The van der Waals surface area contributed by atoms with E-state index >= 15 is 0 Å². The average Bonchev–Trinajstić information content (AvgIpc) is 2.71. The second-order valence-corrected chi connectivity index (χ2v) is 7.04. The van der Waals surface area contributed by atoms with Crippen molar-refractivity contribution in [1.29, 1.82) is 0 Å². The van der Waals surface area contributed by atoms with Gasteiger partial charge in [-0.3, -0.25) is 4.79 Å². The molecule has 4 nitrogen and oxygen atoms in total. The molecule has 0 heterocycles. The van der Waals surface area contributed by atoms with Crippen molar-refractivity contribution in [3.8, 4) is 16.9 Å². The second kappa shape index (κ2) is 9.14. The Balaban J connectivity index is 1.63. The Hall–Kier alpha value is -2.92. The molecule has 2 N–H and O–H groups in total. The maximum atomic E-state index is 10.6. The number of rotatable bonds is 8. The van der Waals surface area contributed by atoms with Crippen molar-refractivity contribution < 1.29 is 14.6 Å². The minimum atomic E-state index is -0.807. The van der Waals surface area contributed by atoms with Crippen LogP contribution in [0.5, 0.6) is 5.75 Å². The number of hydrogen-bond donors (Lipinski definition) is 2. The lowest BCUT2D eigenvalue weighted by Gasteiger charge is -2.10. The fourth-order valence-corrected chi connectivity index (χ4v) is 3.30. The Labute approximate surface area is 163 Å². The number of aliphatic carboxylic acids is 1. The topological polar surface area (TPSA) is 58.6 Å². The third kappa shape index (κ3) is 5.53. The highest BCUT2D eigenvalue weighted by Crippen LogP contribution is 2.25. The van der Waals surface area contributed by atoms with E-state index in [-0.39, 0.29) is 5.75 Å². The fourth-order valence-electron chi connectivity index (χ4n) is 2.68. The largest absolute Gasteiger partial charge is 0.497 e. The van der Waals surface area contributed by atoms with E-state index in [1.807, 2.05) is 42.5 Å². The van der Waals surface area contributed by atoms with Crippen LogP contribution in [0.4, 0.5) is 5.69 Å². The molecular weight excluding hydrogens is 358 g/mol. The van der Waals surface area contributed by atoms with E-state index < -0.39 is 5.97 Å². The van der Waals surface area contributed by atoms with Crippen LogP contribution in [0.3, 0.4) is 0 Å². The van der Waals surface area contributed by atoms with Crippen LogP contribution in [0, 0.1) is 0 Å². The number of thioether (sulfide) groups is 1. The first-order valence-electron chi connectivity index (χ1n) is 8.56. The van der Waals surface area contributed by atoms with E-state index in [0.29, 0.717) is 6.54 Å². The molecule has 27 heavy (non-hydrogen) atoms. The molecule has 0 saturated carbocycles. The van der Waals surface area contributed by atoms with Crippen LogP contribution < -0.4 is 10.1 Å². The molecule has 0 atom stereocenters. The third-order valence-corrected chi connectivity index (χ3v) is 5.04.